The molecule has 11 atom stereocenters. The Balaban J connectivity index is 2.06. The molecule has 0 aromatic carbocycles. The Morgan fingerprint density at radius 3 is 2.17 bits per heavy atom. The van der Waals surface area contributed by atoms with Gasteiger partial charge in [-0.25, -0.2) is 0 Å². The van der Waals surface area contributed by atoms with Gasteiger partial charge >= 0.3 is 29.8 Å². The number of hydrogen-bond acceptors (Lipinski definition) is 12. The third-order valence-corrected chi connectivity index (χ3v) is 9.92. The van der Waals surface area contributed by atoms with E-state index in [0.717, 1.165) is 6.92 Å². The Labute approximate surface area is 249 Å². The Morgan fingerprint density at radius 1 is 1.05 bits per heavy atom. The van der Waals surface area contributed by atoms with Gasteiger partial charge < -0.3 is 33.5 Å². The van der Waals surface area contributed by atoms with Crippen LogP contribution in [0.3, 0.4) is 0 Å². The van der Waals surface area contributed by atoms with Crippen molar-refractivity contribution >= 4 is 41.4 Å². The highest BCUT2D eigenvalue weighted by molar-refractivity contribution is 6.23. The highest BCUT2D eigenvalue weighted by Gasteiger charge is 2.76. The summed E-state index contributed by atoms with van der Waals surface area (Å²) in [5.41, 5.74) is -4.62. The van der Waals surface area contributed by atoms with Crippen LogP contribution >= 0.6 is 11.6 Å². The van der Waals surface area contributed by atoms with Crippen molar-refractivity contribution in [1.82, 2.24) is 0 Å². The zero-order valence-corrected chi connectivity index (χ0v) is 25.4. The van der Waals surface area contributed by atoms with Gasteiger partial charge in [0.2, 0.25) is 0 Å². The number of rotatable bonds is 5. The molecule has 1 N–H and O–H groups in total. The van der Waals surface area contributed by atoms with E-state index in [1.807, 2.05) is 0 Å². The Hall–Kier alpha value is -2.70. The molecule has 4 rings (SSSR count). The number of fused-ring (bicyclic) bond motifs is 3. The molecule has 0 amide bonds. The van der Waals surface area contributed by atoms with Gasteiger partial charge in [-0.15, -0.1) is 11.6 Å². The van der Waals surface area contributed by atoms with Crippen LogP contribution in [0.15, 0.2) is 12.2 Å². The second-order valence-electron chi connectivity index (χ2n) is 12.0. The maximum atomic E-state index is 13.1. The molecule has 2 heterocycles. The molecule has 4 aliphatic rings. The standard InChI is InChI=1S/C29H39ClO12/c1-8-21(34)41-20-11-18(38-15(4)31)13(2)22(30)24-29(36,14(3)26(35)42-24)25(40-17(6)33)23-27(20,7)19(39-16(5)32)9-10-28(23)12-37-28/h14,18-20,22-25,36H,2,8-12H2,1,3-7H3/t14-,18+,19-,20-,22-,23+,24-,25-,27+,28-,29-/m0/s1. The fourth-order valence-electron chi connectivity index (χ4n) is 7.20. The summed E-state index contributed by atoms with van der Waals surface area (Å²) in [6.07, 6.45) is -5.81. The first kappa shape index (κ1) is 32.2. The van der Waals surface area contributed by atoms with Crippen LogP contribution in [-0.2, 0) is 52.4 Å². The molecular weight excluding hydrogens is 576 g/mol. The first-order chi connectivity index (χ1) is 19.5. The van der Waals surface area contributed by atoms with E-state index in [1.165, 1.54) is 20.8 Å². The van der Waals surface area contributed by atoms with Crippen molar-refractivity contribution in [3.63, 3.8) is 0 Å². The van der Waals surface area contributed by atoms with Gasteiger partial charge in [-0.2, -0.15) is 0 Å². The van der Waals surface area contributed by atoms with E-state index in [4.69, 9.17) is 40.0 Å². The molecule has 0 aromatic rings. The number of esters is 5. The number of hydrogen-bond donors (Lipinski definition) is 1. The van der Waals surface area contributed by atoms with E-state index < -0.39 is 94.2 Å². The number of carbonyl (C=O) groups excluding carboxylic acids is 5. The van der Waals surface area contributed by atoms with Gasteiger partial charge in [-0.1, -0.05) is 20.4 Å². The molecule has 0 aromatic heterocycles. The van der Waals surface area contributed by atoms with Crippen molar-refractivity contribution in [3.05, 3.63) is 12.2 Å². The van der Waals surface area contributed by atoms with Crippen molar-refractivity contribution in [2.45, 2.75) is 114 Å². The Kier molecular flexibility index (Phi) is 8.76. The lowest BCUT2D eigenvalue weighted by Gasteiger charge is -2.57. The van der Waals surface area contributed by atoms with Crippen LogP contribution in [0.5, 0.6) is 0 Å². The van der Waals surface area contributed by atoms with Crippen molar-refractivity contribution in [3.8, 4) is 0 Å². The zero-order chi connectivity index (χ0) is 31.4. The molecule has 2 saturated carbocycles. The fourth-order valence-corrected chi connectivity index (χ4v) is 7.60. The lowest BCUT2D eigenvalue weighted by molar-refractivity contribution is -0.247. The van der Waals surface area contributed by atoms with Crippen LogP contribution in [0.1, 0.15) is 67.2 Å². The Morgan fingerprint density at radius 2 is 1.64 bits per heavy atom. The minimum atomic E-state index is -2.25. The van der Waals surface area contributed by atoms with Gasteiger partial charge in [0, 0.05) is 39.5 Å². The first-order valence-corrected chi connectivity index (χ1v) is 14.6. The molecule has 42 heavy (non-hydrogen) atoms. The highest BCUT2D eigenvalue weighted by atomic mass is 35.5. The number of ether oxygens (including phenoxy) is 6. The molecule has 0 unspecified atom stereocenters. The van der Waals surface area contributed by atoms with Crippen LogP contribution in [-0.4, -0.2) is 88.7 Å². The van der Waals surface area contributed by atoms with Crippen LogP contribution in [0.2, 0.25) is 0 Å². The summed E-state index contributed by atoms with van der Waals surface area (Å²) in [6, 6.07) is 0. The minimum absolute atomic E-state index is 0.00675. The summed E-state index contributed by atoms with van der Waals surface area (Å²) in [6.45, 7) is 12.5. The molecule has 4 fully saturated rings. The quantitative estimate of drug-likeness (QED) is 0.158. The summed E-state index contributed by atoms with van der Waals surface area (Å²) in [5.74, 6) is -5.73. The molecular formula is C29H39ClO12. The summed E-state index contributed by atoms with van der Waals surface area (Å²) in [5, 5.41) is 11.3. The summed E-state index contributed by atoms with van der Waals surface area (Å²) >= 11 is 6.87. The number of carbonyl (C=O) groups is 5. The zero-order valence-electron chi connectivity index (χ0n) is 24.7. The number of epoxide rings is 1. The molecule has 13 heteroatoms. The summed E-state index contributed by atoms with van der Waals surface area (Å²) in [7, 11) is 0. The van der Waals surface area contributed by atoms with Crippen LogP contribution in [0, 0.1) is 17.3 Å². The fraction of sp³-hybridized carbons (Fsp3) is 0.759. The largest absolute Gasteiger partial charge is 0.462 e. The lowest BCUT2D eigenvalue weighted by atomic mass is 9.52. The molecule has 0 radical (unpaired) electrons. The molecule has 2 aliphatic carbocycles. The van der Waals surface area contributed by atoms with E-state index in [9.17, 15) is 29.1 Å². The minimum Gasteiger partial charge on any atom is -0.462 e. The molecule has 2 saturated heterocycles. The second-order valence-corrected chi connectivity index (χ2v) is 12.4. The highest BCUT2D eigenvalue weighted by Crippen LogP contribution is 2.63. The average Bonchev–Trinajstić information content (AvgIpc) is 3.63. The monoisotopic (exact) mass is 614 g/mol. The van der Waals surface area contributed by atoms with Crippen molar-refractivity contribution in [1.29, 1.82) is 0 Å². The van der Waals surface area contributed by atoms with E-state index in [-0.39, 0.29) is 31.4 Å². The molecule has 0 bridgehead atoms. The predicted molar refractivity (Wildman–Crippen MR) is 144 cm³/mol. The number of halogens is 1. The van der Waals surface area contributed by atoms with Gasteiger partial charge in [0.05, 0.1) is 28.9 Å². The Bertz CT molecular complexity index is 1170. The molecule has 12 nitrogen and oxygen atoms in total. The van der Waals surface area contributed by atoms with Gasteiger partial charge in [-0.3, -0.25) is 24.0 Å². The maximum Gasteiger partial charge on any atom is 0.312 e. The van der Waals surface area contributed by atoms with E-state index >= 15 is 0 Å². The van der Waals surface area contributed by atoms with E-state index in [2.05, 4.69) is 6.58 Å². The summed E-state index contributed by atoms with van der Waals surface area (Å²) < 4.78 is 35.1. The number of alkyl halides is 1. The lowest BCUT2D eigenvalue weighted by Crippen LogP contribution is -2.70. The van der Waals surface area contributed by atoms with Gasteiger partial charge in [0.15, 0.2) is 11.7 Å². The van der Waals surface area contributed by atoms with Gasteiger partial charge in [0.1, 0.15) is 24.4 Å². The SMILES string of the molecule is C=C1[C@H](OC(C)=O)C[C@H](OC(=O)CC)[C@@]2(C)[C@@H](OC(C)=O)CC[C@]3(CO3)[C@@H]2[C@H](OC(C)=O)[C@]2(O)[C@@H](C)C(=O)O[C@H]2[C@H]1Cl. The summed E-state index contributed by atoms with van der Waals surface area (Å²) in [4.78, 5) is 63.4. The second kappa shape index (κ2) is 11.4. The van der Waals surface area contributed by atoms with Gasteiger partial charge in [-0.05, 0) is 25.3 Å². The van der Waals surface area contributed by atoms with E-state index in [0.29, 0.717) is 6.42 Å². The molecule has 2 aliphatic heterocycles. The van der Waals surface area contributed by atoms with Crippen LogP contribution in [0.4, 0.5) is 0 Å². The topological polar surface area (TPSA) is 164 Å². The third kappa shape index (κ3) is 5.30. The van der Waals surface area contributed by atoms with Gasteiger partial charge in [0.25, 0.3) is 0 Å². The van der Waals surface area contributed by atoms with Crippen LogP contribution < -0.4 is 0 Å². The smallest absolute Gasteiger partial charge is 0.312 e. The van der Waals surface area contributed by atoms with Crippen molar-refractivity contribution in [2.24, 2.45) is 17.3 Å². The maximum absolute atomic E-state index is 13.1. The third-order valence-electron chi connectivity index (χ3n) is 9.41. The molecule has 1 spiro atoms. The number of aliphatic hydroxyl groups is 1. The molecule has 234 valence electrons. The average molecular weight is 615 g/mol. The normalized spacial score (nSPS) is 42.9. The van der Waals surface area contributed by atoms with Crippen molar-refractivity contribution < 1.29 is 57.5 Å². The first-order valence-electron chi connectivity index (χ1n) is 14.1. The van der Waals surface area contributed by atoms with Crippen molar-refractivity contribution in [2.75, 3.05) is 6.61 Å². The van der Waals surface area contributed by atoms with Crippen LogP contribution in [0.25, 0.3) is 0 Å². The predicted octanol–water partition coefficient (Wildman–Crippen LogP) is 2.15. The van der Waals surface area contributed by atoms with E-state index in [1.54, 1.807) is 13.8 Å².